The highest BCUT2D eigenvalue weighted by molar-refractivity contribution is 6.31. The van der Waals surface area contributed by atoms with E-state index >= 15 is 0 Å². The van der Waals surface area contributed by atoms with Crippen molar-refractivity contribution in [3.05, 3.63) is 94.0 Å². The van der Waals surface area contributed by atoms with Crippen LogP contribution in [0.1, 0.15) is 32.1 Å². The van der Waals surface area contributed by atoms with Gasteiger partial charge in [-0.1, -0.05) is 41.9 Å². The lowest BCUT2D eigenvalue weighted by Gasteiger charge is -2.08. The third-order valence-corrected chi connectivity index (χ3v) is 4.45. The summed E-state index contributed by atoms with van der Waals surface area (Å²) in [6.07, 6.45) is 0. The Morgan fingerprint density at radius 2 is 1.71 bits per heavy atom. The number of benzene rings is 2. The summed E-state index contributed by atoms with van der Waals surface area (Å²) in [5, 5.41) is 5.82. The Kier molecular flexibility index (Phi) is 6.01. The summed E-state index contributed by atoms with van der Waals surface area (Å²) in [6.45, 7) is 1.88. The average molecular weight is 398 g/mol. The van der Waals surface area contributed by atoms with Gasteiger partial charge in [-0.3, -0.25) is 9.59 Å². The molecule has 3 aromatic rings. The number of rotatable bonds is 5. The molecule has 3 rings (SSSR count). The first-order valence-electron chi connectivity index (χ1n) is 8.50. The largest absolute Gasteiger partial charge is 0.347 e. The van der Waals surface area contributed by atoms with E-state index in [0.717, 1.165) is 5.56 Å². The molecule has 0 spiro atoms. The normalized spacial score (nSPS) is 10.4. The van der Waals surface area contributed by atoms with Crippen molar-refractivity contribution in [1.29, 1.82) is 0 Å². The predicted molar refractivity (Wildman–Crippen MR) is 106 cm³/mol. The smallest absolute Gasteiger partial charge is 0.274 e. The number of aryl methyl sites for hydroxylation is 1. The molecule has 1 aromatic heterocycles. The zero-order valence-corrected chi connectivity index (χ0v) is 15.8. The van der Waals surface area contributed by atoms with Crippen LogP contribution >= 0.6 is 11.6 Å². The number of nitrogens with one attached hydrogen (secondary N) is 2. The molecule has 0 aliphatic rings. The number of carbonyl (C=O) groups is 2. The summed E-state index contributed by atoms with van der Waals surface area (Å²) in [5.41, 5.74) is 1.92. The Morgan fingerprint density at radius 3 is 2.43 bits per heavy atom. The Hall–Kier alpha value is -3.25. The number of halogens is 2. The maximum atomic E-state index is 13.6. The molecule has 28 heavy (non-hydrogen) atoms. The van der Waals surface area contributed by atoms with Crippen molar-refractivity contribution in [3.8, 4) is 0 Å². The molecule has 2 aromatic carbocycles. The molecule has 1 heterocycles. The van der Waals surface area contributed by atoms with Gasteiger partial charge in [0.1, 0.15) is 17.2 Å². The second kappa shape index (κ2) is 8.63. The number of hydrogen-bond donors (Lipinski definition) is 2. The van der Waals surface area contributed by atoms with E-state index in [1.165, 1.54) is 18.2 Å². The fourth-order valence-corrected chi connectivity index (χ4v) is 2.64. The van der Waals surface area contributed by atoms with Crippen molar-refractivity contribution in [2.24, 2.45) is 0 Å². The van der Waals surface area contributed by atoms with E-state index in [0.29, 0.717) is 16.3 Å². The van der Waals surface area contributed by atoms with E-state index in [9.17, 15) is 14.0 Å². The molecule has 142 valence electrons. The first-order chi connectivity index (χ1) is 13.4. The second-order valence-electron chi connectivity index (χ2n) is 6.10. The maximum absolute atomic E-state index is 13.6. The van der Waals surface area contributed by atoms with Gasteiger partial charge in [0.05, 0.1) is 0 Å². The SMILES string of the molecule is Cc1ccc(NC(=O)c2cccc(C(=O)NCc3ccccc3F)n2)cc1Cl. The summed E-state index contributed by atoms with van der Waals surface area (Å²) in [5.74, 6) is -1.37. The van der Waals surface area contributed by atoms with Crippen LogP contribution in [0.4, 0.5) is 10.1 Å². The van der Waals surface area contributed by atoms with Crippen LogP contribution < -0.4 is 10.6 Å². The molecular weight excluding hydrogens is 381 g/mol. The predicted octanol–water partition coefficient (Wildman–Crippen LogP) is 4.36. The van der Waals surface area contributed by atoms with Crippen molar-refractivity contribution in [3.63, 3.8) is 0 Å². The van der Waals surface area contributed by atoms with Crippen LogP contribution in [0.25, 0.3) is 0 Å². The van der Waals surface area contributed by atoms with Gasteiger partial charge in [0.2, 0.25) is 0 Å². The van der Waals surface area contributed by atoms with Gasteiger partial charge in [-0.2, -0.15) is 0 Å². The molecule has 0 saturated carbocycles. The Morgan fingerprint density at radius 1 is 1.00 bits per heavy atom. The lowest BCUT2D eigenvalue weighted by molar-refractivity contribution is 0.0945. The van der Waals surface area contributed by atoms with Crippen LogP contribution in [0.3, 0.4) is 0 Å². The quantitative estimate of drug-likeness (QED) is 0.671. The summed E-state index contributed by atoms with van der Waals surface area (Å²) in [6, 6.07) is 15.9. The number of aromatic nitrogens is 1. The van der Waals surface area contributed by atoms with Gasteiger partial charge in [-0.25, -0.2) is 9.37 Å². The Balaban J connectivity index is 1.68. The molecular formula is C21H17ClFN3O2. The fraction of sp³-hybridized carbons (Fsp3) is 0.0952. The topological polar surface area (TPSA) is 71.1 Å². The van der Waals surface area contributed by atoms with E-state index in [2.05, 4.69) is 15.6 Å². The van der Waals surface area contributed by atoms with Gasteiger partial charge in [0.15, 0.2) is 0 Å². The number of nitrogens with zero attached hydrogens (tertiary/aromatic N) is 1. The van der Waals surface area contributed by atoms with Gasteiger partial charge >= 0.3 is 0 Å². The van der Waals surface area contributed by atoms with Gasteiger partial charge in [-0.15, -0.1) is 0 Å². The van der Waals surface area contributed by atoms with Crippen molar-refractivity contribution in [1.82, 2.24) is 10.3 Å². The van der Waals surface area contributed by atoms with Gasteiger partial charge in [-0.05, 0) is 42.8 Å². The van der Waals surface area contributed by atoms with E-state index in [1.807, 2.05) is 6.92 Å². The monoisotopic (exact) mass is 397 g/mol. The van der Waals surface area contributed by atoms with E-state index in [1.54, 1.807) is 42.5 Å². The van der Waals surface area contributed by atoms with Crippen LogP contribution in [0.15, 0.2) is 60.7 Å². The lowest BCUT2D eigenvalue weighted by atomic mass is 10.2. The Labute approximate surface area is 166 Å². The highest BCUT2D eigenvalue weighted by Gasteiger charge is 2.13. The number of carbonyl (C=O) groups excluding carboxylic acids is 2. The van der Waals surface area contributed by atoms with Gasteiger partial charge in [0, 0.05) is 22.8 Å². The fourth-order valence-electron chi connectivity index (χ4n) is 2.46. The van der Waals surface area contributed by atoms with Crippen molar-refractivity contribution < 1.29 is 14.0 Å². The molecule has 7 heteroatoms. The minimum absolute atomic E-state index is 0.0193. The highest BCUT2D eigenvalue weighted by atomic mass is 35.5. The summed E-state index contributed by atoms with van der Waals surface area (Å²) < 4.78 is 13.6. The van der Waals surface area contributed by atoms with E-state index in [-0.39, 0.29) is 17.9 Å². The van der Waals surface area contributed by atoms with Crippen LogP contribution in [0.5, 0.6) is 0 Å². The highest BCUT2D eigenvalue weighted by Crippen LogP contribution is 2.20. The molecule has 0 atom stereocenters. The Bertz CT molecular complexity index is 1040. The summed E-state index contributed by atoms with van der Waals surface area (Å²) in [4.78, 5) is 28.8. The first kappa shape index (κ1) is 19.5. The number of pyridine rings is 1. The van der Waals surface area contributed by atoms with Gasteiger partial charge < -0.3 is 10.6 Å². The van der Waals surface area contributed by atoms with Crippen molar-refractivity contribution >= 4 is 29.1 Å². The number of hydrogen-bond acceptors (Lipinski definition) is 3. The molecule has 2 amide bonds. The zero-order valence-electron chi connectivity index (χ0n) is 15.0. The molecule has 0 aliphatic carbocycles. The van der Waals surface area contributed by atoms with Crippen LogP contribution in [0.2, 0.25) is 5.02 Å². The molecule has 0 aliphatic heterocycles. The molecule has 0 unspecified atom stereocenters. The van der Waals surface area contributed by atoms with Crippen molar-refractivity contribution in [2.75, 3.05) is 5.32 Å². The average Bonchev–Trinajstić information content (AvgIpc) is 2.70. The molecule has 0 radical (unpaired) electrons. The third-order valence-electron chi connectivity index (χ3n) is 4.04. The summed E-state index contributed by atoms with van der Waals surface area (Å²) in [7, 11) is 0. The standard InChI is InChI=1S/C21H17ClFN3O2/c1-13-9-10-15(11-16(13)22)25-21(28)19-8-4-7-18(26-19)20(27)24-12-14-5-2-3-6-17(14)23/h2-11H,12H2,1H3,(H,24,27)(H,25,28). The molecule has 5 nitrogen and oxygen atoms in total. The van der Waals surface area contributed by atoms with Crippen LogP contribution in [0, 0.1) is 12.7 Å². The zero-order chi connectivity index (χ0) is 20.1. The van der Waals surface area contributed by atoms with Gasteiger partial charge in [0.25, 0.3) is 11.8 Å². The molecule has 2 N–H and O–H groups in total. The molecule has 0 saturated heterocycles. The minimum Gasteiger partial charge on any atom is -0.347 e. The summed E-state index contributed by atoms with van der Waals surface area (Å²) >= 11 is 6.06. The minimum atomic E-state index is -0.503. The van der Waals surface area contributed by atoms with E-state index < -0.39 is 17.6 Å². The number of anilines is 1. The molecule has 0 fully saturated rings. The lowest BCUT2D eigenvalue weighted by Crippen LogP contribution is -2.25. The molecule has 0 bridgehead atoms. The second-order valence-corrected chi connectivity index (χ2v) is 6.51. The maximum Gasteiger partial charge on any atom is 0.274 e. The van der Waals surface area contributed by atoms with E-state index in [4.69, 9.17) is 11.6 Å². The first-order valence-corrected chi connectivity index (χ1v) is 8.88. The third kappa shape index (κ3) is 4.72. The van der Waals surface area contributed by atoms with Crippen LogP contribution in [-0.2, 0) is 6.54 Å². The number of amides is 2. The van der Waals surface area contributed by atoms with Crippen LogP contribution in [-0.4, -0.2) is 16.8 Å². The van der Waals surface area contributed by atoms with Crippen molar-refractivity contribution in [2.45, 2.75) is 13.5 Å².